The van der Waals surface area contributed by atoms with E-state index in [4.69, 9.17) is 4.74 Å². The van der Waals surface area contributed by atoms with Gasteiger partial charge in [-0.3, -0.25) is 4.57 Å². The Balaban J connectivity index is 0.000000218. The molecule has 1 aliphatic rings. The number of nitrogens with zero attached hydrogens (tertiary/aromatic N) is 3. The van der Waals surface area contributed by atoms with Gasteiger partial charge in [0.2, 0.25) is 0 Å². The van der Waals surface area contributed by atoms with Gasteiger partial charge in [0.1, 0.15) is 11.3 Å². The molecule has 0 aliphatic carbocycles. The first-order valence-corrected chi connectivity index (χ1v) is 13.5. The number of aromatic nitrogens is 3. The zero-order valence-corrected chi connectivity index (χ0v) is 26.2. The van der Waals surface area contributed by atoms with Crippen LogP contribution in [-0.4, -0.2) is 9.55 Å². The van der Waals surface area contributed by atoms with Crippen molar-refractivity contribution in [2.45, 2.75) is 40.0 Å². The molecule has 4 nitrogen and oxygen atoms in total. The minimum atomic E-state index is 0. The predicted octanol–water partition coefficient (Wildman–Crippen LogP) is 8.07. The molecule has 6 aromatic rings. The summed E-state index contributed by atoms with van der Waals surface area (Å²) in [5, 5.41) is 0. The van der Waals surface area contributed by atoms with E-state index < -0.39 is 0 Å². The molecule has 0 saturated heterocycles. The molecule has 4 aromatic carbocycles. The smallest absolute Gasteiger partial charge is 0.523 e. The second kappa shape index (κ2) is 11.4. The number of imidazole rings is 1. The second-order valence-electron chi connectivity index (χ2n) is 11.2. The molecule has 204 valence electrons. The maximum Gasteiger partial charge on any atom is 3.00 e. The van der Waals surface area contributed by atoms with Gasteiger partial charge in [-0.15, -0.1) is 47.5 Å². The van der Waals surface area contributed by atoms with Crippen LogP contribution in [0.5, 0.6) is 11.5 Å². The zero-order valence-electron chi connectivity index (χ0n) is 23.8. The SMILES string of the molecule is Cc1cc(C)cc(-n2[c-][n+]3c4c(cccc42)Oc2cc(C(C)(C)C)c[c-]c2-3)c1.[Ir+3].[c-]1ccccc1-c1ccccn1. The third-order valence-electron chi connectivity index (χ3n) is 6.95. The van der Waals surface area contributed by atoms with Crippen molar-refractivity contribution in [1.82, 2.24) is 9.55 Å². The molecule has 0 fully saturated rings. The Morgan fingerprint density at radius 3 is 2.29 bits per heavy atom. The van der Waals surface area contributed by atoms with E-state index in [0.29, 0.717) is 0 Å². The van der Waals surface area contributed by atoms with Crippen LogP contribution in [0.15, 0.2) is 97.2 Å². The fourth-order valence-electron chi connectivity index (χ4n) is 4.99. The number of hydrogen-bond donors (Lipinski definition) is 0. The van der Waals surface area contributed by atoms with Crippen LogP contribution in [-0.2, 0) is 25.5 Å². The van der Waals surface area contributed by atoms with Crippen molar-refractivity contribution in [1.29, 1.82) is 0 Å². The van der Waals surface area contributed by atoms with Gasteiger partial charge in [0, 0.05) is 11.9 Å². The molecule has 0 amide bonds. The monoisotopic (exact) mass is 714 g/mol. The molecule has 2 aromatic heterocycles. The molecular formula is C36H31IrN3O+. The van der Waals surface area contributed by atoms with Crippen molar-refractivity contribution in [3.8, 4) is 34.1 Å². The van der Waals surface area contributed by atoms with Gasteiger partial charge < -0.3 is 14.3 Å². The molecule has 0 atom stereocenters. The number of aryl methyl sites for hydroxylation is 2. The van der Waals surface area contributed by atoms with Crippen LogP contribution in [0.25, 0.3) is 33.7 Å². The summed E-state index contributed by atoms with van der Waals surface area (Å²) in [6.07, 6.45) is 5.33. The minimum absolute atomic E-state index is 0. The van der Waals surface area contributed by atoms with Gasteiger partial charge in [-0.25, -0.2) is 0 Å². The standard InChI is InChI=1S/C25H23N2O.C11H8N.Ir/c1-16-11-17(2)13-19(12-16)26-15-27-20-10-9-18(25(3,4)5)14-23(20)28-22-8-6-7-21(26)24(22)27;1-2-6-10(7-3-1)11-8-4-5-9-12-11;/h6-9,11-14H,1-5H3;1-6,8-9H;/q2*-1;+3. The molecule has 3 heterocycles. The fourth-order valence-corrected chi connectivity index (χ4v) is 4.99. The zero-order chi connectivity index (χ0) is 27.9. The maximum absolute atomic E-state index is 6.30. The molecule has 41 heavy (non-hydrogen) atoms. The number of benzene rings is 4. The summed E-state index contributed by atoms with van der Waals surface area (Å²) in [7, 11) is 0. The molecular weight excluding hydrogens is 683 g/mol. The minimum Gasteiger partial charge on any atom is -0.523 e. The Kier molecular flexibility index (Phi) is 7.95. The second-order valence-corrected chi connectivity index (χ2v) is 11.2. The number of rotatable bonds is 2. The largest absolute Gasteiger partial charge is 3.00 e. The molecule has 0 bridgehead atoms. The number of pyridine rings is 1. The Labute approximate surface area is 255 Å². The van der Waals surface area contributed by atoms with Gasteiger partial charge in [0.15, 0.2) is 0 Å². The first-order valence-electron chi connectivity index (χ1n) is 13.5. The molecule has 0 unspecified atom stereocenters. The predicted molar refractivity (Wildman–Crippen MR) is 159 cm³/mol. The number of hydrogen-bond acceptors (Lipinski definition) is 2. The van der Waals surface area contributed by atoms with Crippen LogP contribution < -0.4 is 9.30 Å². The van der Waals surface area contributed by atoms with E-state index in [0.717, 1.165) is 45.2 Å². The summed E-state index contributed by atoms with van der Waals surface area (Å²) >= 11 is 0. The Morgan fingerprint density at radius 2 is 1.61 bits per heavy atom. The van der Waals surface area contributed by atoms with Crippen LogP contribution in [0.3, 0.4) is 0 Å². The van der Waals surface area contributed by atoms with E-state index in [-0.39, 0.29) is 25.5 Å². The summed E-state index contributed by atoms with van der Waals surface area (Å²) < 4.78 is 10.5. The Bertz CT molecular complexity index is 1760. The van der Waals surface area contributed by atoms with E-state index >= 15 is 0 Å². The third-order valence-corrected chi connectivity index (χ3v) is 6.95. The fraction of sp³-hybridized carbons (Fsp3) is 0.167. The Hall–Kier alpha value is -4.05. The average Bonchev–Trinajstić information content (AvgIpc) is 3.35. The summed E-state index contributed by atoms with van der Waals surface area (Å²) in [6, 6.07) is 37.2. The molecule has 1 aliphatic heterocycles. The van der Waals surface area contributed by atoms with Gasteiger partial charge in [-0.2, -0.15) is 12.1 Å². The summed E-state index contributed by atoms with van der Waals surface area (Å²) in [5.41, 5.74) is 9.83. The van der Waals surface area contributed by atoms with Crippen molar-refractivity contribution < 1.29 is 29.4 Å². The van der Waals surface area contributed by atoms with Crippen molar-refractivity contribution in [2.24, 2.45) is 0 Å². The average molecular weight is 714 g/mol. The quantitative estimate of drug-likeness (QED) is 0.134. The van der Waals surface area contributed by atoms with Crippen LogP contribution in [0.2, 0.25) is 0 Å². The number of para-hydroxylation sites is 1. The first kappa shape index (κ1) is 28.5. The van der Waals surface area contributed by atoms with Crippen LogP contribution in [0.4, 0.5) is 0 Å². The van der Waals surface area contributed by atoms with Crippen molar-refractivity contribution in [3.63, 3.8) is 0 Å². The van der Waals surface area contributed by atoms with E-state index in [1.807, 2.05) is 54.6 Å². The third kappa shape index (κ3) is 5.74. The van der Waals surface area contributed by atoms with Gasteiger partial charge in [-0.1, -0.05) is 67.6 Å². The van der Waals surface area contributed by atoms with E-state index in [9.17, 15) is 0 Å². The van der Waals surface area contributed by atoms with Crippen molar-refractivity contribution in [3.05, 3.63) is 132 Å². The van der Waals surface area contributed by atoms with Crippen molar-refractivity contribution in [2.75, 3.05) is 0 Å². The van der Waals surface area contributed by atoms with E-state index in [2.05, 4.69) is 104 Å². The van der Waals surface area contributed by atoms with E-state index in [1.54, 1.807) is 6.20 Å². The van der Waals surface area contributed by atoms with Gasteiger partial charge in [-0.05, 0) is 49.5 Å². The molecule has 0 N–H and O–H groups in total. The van der Waals surface area contributed by atoms with E-state index in [1.165, 1.54) is 16.7 Å². The summed E-state index contributed by atoms with van der Waals surface area (Å²) in [4.78, 5) is 4.22. The van der Waals surface area contributed by atoms with Crippen LogP contribution in [0, 0.1) is 32.3 Å². The molecule has 5 heteroatoms. The van der Waals surface area contributed by atoms with Gasteiger partial charge >= 0.3 is 20.1 Å². The molecule has 7 rings (SSSR count). The van der Waals surface area contributed by atoms with Crippen LogP contribution in [0.1, 0.15) is 37.5 Å². The summed E-state index contributed by atoms with van der Waals surface area (Å²) in [5.74, 6) is 1.68. The first-order chi connectivity index (χ1) is 19.3. The molecule has 0 saturated carbocycles. The van der Waals surface area contributed by atoms with Gasteiger partial charge in [0.25, 0.3) is 6.33 Å². The molecule has 0 radical (unpaired) electrons. The number of fused-ring (bicyclic) bond motifs is 2. The summed E-state index contributed by atoms with van der Waals surface area (Å²) in [6.45, 7) is 10.9. The maximum atomic E-state index is 6.30. The Morgan fingerprint density at radius 1 is 0.829 bits per heavy atom. The van der Waals surface area contributed by atoms with Crippen LogP contribution >= 0.6 is 0 Å². The van der Waals surface area contributed by atoms with Gasteiger partial charge in [0.05, 0.1) is 11.2 Å². The normalized spacial score (nSPS) is 11.5. The topological polar surface area (TPSA) is 30.9 Å². The molecule has 0 spiro atoms. The van der Waals surface area contributed by atoms with Crippen molar-refractivity contribution >= 4 is 11.0 Å². The number of ether oxygens (including phenoxy) is 1.